The summed E-state index contributed by atoms with van der Waals surface area (Å²) in [6, 6.07) is 0. The van der Waals surface area contributed by atoms with E-state index in [1.807, 2.05) is 20.8 Å². The molecule has 0 N–H and O–H groups in total. The van der Waals surface area contributed by atoms with Gasteiger partial charge in [-0.15, -0.1) is 13.2 Å². The Morgan fingerprint density at radius 3 is 2.25 bits per heavy atom. The Kier molecular flexibility index (Phi) is 5.71. The Balaban J connectivity index is 2.66. The lowest BCUT2D eigenvalue weighted by Gasteiger charge is -2.35. The first kappa shape index (κ1) is 17.1. The number of rotatable bonds is 6. The molecule has 118 valence electrons. The summed E-state index contributed by atoms with van der Waals surface area (Å²) in [5.41, 5.74) is -0.177. The first-order valence-electron chi connectivity index (χ1n) is 7.31. The van der Waals surface area contributed by atoms with Crippen molar-refractivity contribution in [3.63, 3.8) is 0 Å². The second-order valence-electron chi connectivity index (χ2n) is 6.58. The number of hydrazone groups is 1. The van der Waals surface area contributed by atoms with E-state index in [0.29, 0.717) is 17.9 Å². The fourth-order valence-corrected chi connectivity index (χ4v) is 2.31. The maximum absolute atomic E-state index is 13.0. The molecule has 0 saturated heterocycles. The smallest absolute Gasteiger partial charge is 0.273 e. The van der Waals surface area contributed by atoms with E-state index >= 15 is 0 Å². The summed E-state index contributed by atoms with van der Waals surface area (Å²) in [5.74, 6) is 0. The van der Waals surface area contributed by atoms with Crippen LogP contribution in [0.4, 0.5) is 13.2 Å². The fraction of sp³-hybridized carbons (Fsp3) is 0.929. The third-order valence-corrected chi connectivity index (χ3v) is 3.32. The first-order valence-corrected chi connectivity index (χ1v) is 7.31. The second-order valence-corrected chi connectivity index (χ2v) is 6.58. The molecule has 3 nitrogen and oxygen atoms in total. The summed E-state index contributed by atoms with van der Waals surface area (Å²) in [4.78, 5) is 0.429. The van der Waals surface area contributed by atoms with Crippen LogP contribution in [-0.4, -0.2) is 35.3 Å². The van der Waals surface area contributed by atoms with Gasteiger partial charge < -0.3 is 0 Å². The molecule has 0 aliphatic carbocycles. The van der Waals surface area contributed by atoms with E-state index in [-0.39, 0.29) is 5.41 Å². The highest BCUT2D eigenvalue weighted by molar-refractivity contribution is 5.57. The van der Waals surface area contributed by atoms with E-state index in [1.54, 1.807) is 5.01 Å². The maximum atomic E-state index is 13.0. The van der Waals surface area contributed by atoms with Gasteiger partial charge in [-0.3, -0.25) is 9.91 Å². The van der Waals surface area contributed by atoms with E-state index in [1.165, 1.54) is 0 Å². The first-order chi connectivity index (χ1) is 9.15. The van der Waals surface area contributed by atoms with Gasteiger partial charge in [0.15, 0.2) is 0 Å². The average molecular weight is 293 g/mol. The minimum Gasteiger partial charge on any atom is -0.273 e. The van der Waals surface area contributed by atoms with Crippen molar-refractivity contribution in [3.8, 4) is 0 Å². The molecule has 0 amide bonds. The molecule has 1 heterocycles. The molecule has 0 saturated carbocycles. The minimum absolute atomic E-state index is 0.177. The van der Waals surface area contributed by atoms with Gasteiger partial charge in [0.25, 0.3) is 0 Å². The summed E-state index contributed by atoms with van der Waals surface area (Å²) < 4.78 is 39.0. The van der Waals surface area contributed by atoms with Gasteiger partial charge in [0, 0.05) is 6.54 Å². The number of nitrogens with zero attached hydrogens (tertiary/aromatic N) is 3. The Morgan fingerprint density at radius 2 is 1.75 bits per heavy atom. The largest absolute Gasteiger partial charge is 0.487 e. The minimum atomic E-state index is -4.36. The molecule has 0 bridgehead atoms. The average Bonchev–Trinajstić information content (AvgIpc) is 2.65. The highest BCUT2D eigenvalue weighted by atomic mass is 19.4. The predicted octanol–water partition coefficient (Wildman–Crippen LogP) is 4.41. The molecular formula is C14H26F3N3. The van der Waals surface area contributed by atoms with Crippen molar-refractivity contribution in [2.75, 3.05) is 6.54 Å². The van der Waals surface area contributed by atoms with Gasteiger partial charge in [0.2, 0.25) is 0 Å². The van der Waals surface area contributed by atoms with Crippen molar-refractivity contribution >= 4 is 6.34 Å². The van der Waals surface area contributed by atoms with E-state index in [9.17, 15) is 13.2 Å². The van der Waals surface area contributed by atoms with Crippen molar-refractivity contribution in [1.82, 2.24) is 9.91 Å². The van der Waals surface area contributed by atoms with Crippen LogP contribution >= 0.6 is 0 Å². The molecule has 0 radical (unpaired) electrons. The number of hydrogen-bond donors (Lipinski definition) is 0. The monoisotopic (exact) mass is 293 g/mol. The lowest BCUT2D eigenvalue weighted by atomic mass is 9.90. The van der Waals surface area contributed by atoms with Crippen LogP contribution in [-0.2, 0) is 0 Å². The van der Waals surface area contributed by atoms with Gasteiger partial charge in [-0.1, -0.05) is 47.0 Å². The Morgan fingerprint density at radius 1 is 1.10 bits per heavy atom. The van der Waals surface area contributed by atoms with Gasteiger partial charge in [0.1, 0.15) is 12.5 Å². The summed E-state index contributed by atoms with van der Waals surface area (Å²) in [6.07, 6.45) is 0.438. The van der Waals surface area contributed by atoms with Crippen LogP contribution in [0.15, 0.2) is 5.10 Å². The molecule has 0 spiro atoms. The van der Waals surface area contributed by atoms with Crippen LogP contribution < -0.4 is 0 Å². The number of halogens is 3. The Labute approximate surface area is 119 Å². The fourth-order valence-electron chi connectivity index (χ4n) is 2.31. The number of alkyl halides is 3. The highest BCUT2D eigenvalue weighted by Crippen LogP contribution is 2.34. The zero-order chi connectivity index (χ0) is 15.4. The molecule has 0 aromatic rings. The van der Waals surface area contributed by atoms with Gasteiger partial charge in [-0.2, -0.15) is 5.10 Å². The molecule has 0 aromatic heterocycles. The molecule has 0 aromatic carbocycles. The third-order valence-electron chi connectivity index (χ3n) is 3.32. The van der Waals surface area contributed by atoms with Crippen molar-refractivity contribution in [2.24, 2.45) is 10.5 Å². The van der Waals surface area contributed by atoms with Gasteiger partial charge in [0.05, 0.1) is 0 Å². The zero-order valence-electron chi connectivity index (χ0n) is 12.9. The molecule has 20 heavy (non-hydrogen) atoms. The van der Waals surface area contributed by atoms with Crippen LogP contribution in [0, 0.1) is 5.41 Å². The lowest BCUT2D eigenvalue weighted by molar-refractivity contribution is -0.237. The number of unbranched alkanes of at least 4 members (excludes halogenated alkanes) is 3. The van der Waals surface area contributed by atoms with Crippen LogP contribution in [0.2, 0.25) is 0 Å². The molecule has 1 unspecified atom stereocenters. The van der Waals surface area contributed by atoms with Crippen LogP contribution in [0.1, 0.15) is 59.8 Å². The molecule has 6 heteroatoms. The Hall–Kier alpha value is -0.940. The van der Waals surface area contributed by atoms with E-state index in [0.717, 1.165) is 32.0 Å². The van der Waals surface area contributed by atoms with Crippen molar-refractivity contribution in [1.29, 1.82) is 0 Å². The van der Waals surface area contributed by atoms with Crippen LogP contribution in [0.5, 0.6) is 0 Å². The Bertz CT molecular complexity index is 321. The van der Waals surface area contributed by atoms with Gasteiger partial charge >= 0.3 is 6.30 Å². The van der Waals surface area contributed by atoms with E-state index in [4.69, 9.17) is 0 Å². The topological polar surface area (TPSA) is 18.8 Å². The molecule has 1 rings (SSSR count). The highest BCUT2D eigenvalue weighted by Gasteiger charge is 2.46. The van der Waals surface area contributed by atoms with E-state index < -0.39 is 12.5 Å². The molecule has 1 aliphatic heterocycles. The van der Waals surface area contributed by atoms with Gasteiger partial charge in [-0.25, -0.2) is 0 Å². The zero-order valence-corrected chi connectivity index (χ0v) is 12.9. The standard InChI is InChI=1S/C14H26F3N3/c1-5-6-7-8-9-20-12(10-13(2,3)4)19(11-18-20)14(15,16)17/h11-12H,5-10H2,1-4H3. The molecule has 0 fully saturated rings. The summed E-state index contributed by atoms with van der Waals surface area (Å²) in [7, 11) is 0. The number of hydrogen-bond acceptors (Lipinski definition) is 3. The normalized spacial score (nSPS) is 20.1. The van der Waals surface area contributed by atoms with Crippen molar-refractivity contribution in [3.05, 3.63) is 0 Å². The summed E-state index contributed by atoms with van der Waals surface area (Å²) in [6.45, 7) is 8.56. The summed E-state index contributed by atoms with van der Waals surface area (Å²) >= 11 is 0. The lowest BCUT2D eigenvalue weighted by Crippen LogP contribution is -2.49. The van der Waals surface area contributed by atoms with E-state index in [2.05, 4.69) is 12.0 Å². The third kappa shape index (κ3) is 5.21. The van der Waals surface area contributed by atoms with Crippen LogP contribution in [0.25, 0.3) is 0 Å². The summed E-state index contributed by atoms with van der Waals surface area (Å²) in [5, 5.41) is 5.55. The van der Waals surface area contributed by atoms with Crippen molar-refractivity contribution in [2.45, 2.75) is 72.3 Å². The van der Waals surface area contributed by atoms with Gasteiger partial charge in [-0.05, 0) is 18.3 Å². The quantitative estimate of drug-likeness (QED) is 0.533. The SMILES string of the molecule is CCCCCCN1N=CN(C(F)(F)F)C1CC(C)(C)C. The van der Waals surface area contributed by atoms with Crippen LogP contribution in [0.3, 0.4) is 0 Å². The predicted molar refractivity (Wildman–Crippen MR) is 75.1 cm³/mol. The second kappa shape index (κ2) is 6.68. The molecular weight excluding hydrogens is 267 g/mol. The molecule has 1 atom stereocenters. The van der Waals surface area contributed by atoms with Crippen molar-refractivity contribution < 1.29 is 13.2 Å². The maximum Gasteiger partial charge on any atom is 0.487 e. The molecule has 1 aliphatic rings.